The summed E-state index contributed by atoms with van der Waals surface area (Å²) in [5, 5.41) is 0. The minimum atomic E-state index is 0.500. The molecule has 0 aromatic carbocycles. The molecule has 4 heteroatoms. The van der Waals surface area contributed by atoms with Gasteiger partial charge >= 0.3 is 0 Å². The molecule has 0 aliphatic rings. The van der Waals surface area contributed by atoms with Gasteiger partial charge in [-0.1, -0.05) is 19.8 Å². The van der Waals surface area contributed by atoms with Crippen molar-refractivity contribution in [2.24, 2.45) is 0 Å². The fraction of sp³-hybridized carbons (Fsp3) is 0.583. The SMILES string of the molecule is CCCCCN(C)c1ccc(N)c(OC)n1. The summed E-state index contributed by atoms with van der Waals surface area (Å²) in [5.41, 5.74) is 6.29. The van der Waals surface area contributed by atoms with Crippen LogP contribution >= 0.6 is 0 Å². The Morgan fingerprint density at radius 1 is 1.38 bits per heavy atom. The average Bonchev–Trinajstić information content (AvgIpc) is 2.30. The summed E-state index contributed by atoms with van der Waals surface area (Å²) in [4.78, 5) is 6.47. The Labute approximate surface area is 97.4 Å². The van der Waals surface area contributed by atoms with Crippen LogP contribution in [0.25, 0.3) is 0 Å². The highest BCUT2D eigenvalue weighted by atomic mass is 16.5. The fourth-order valence-electron chi connectivity index (χ4n) is 1.53. The van der Waals surface area contributed by atoms with E-state index in [0.29, 0.717) is 11.6 Å². The van der Waals surface area contributed by atoms with E-state index in [0.717, 1.165) is 12.4 Å². The predicted octanol–water partition coefficient (Wildman–Crippen LogP) is 2.30. The largest absolute Gasteiger partial charge is 0.479 e. The molecule has 1 heterocycles. The van der Waals surface area contributed by atoms with Crippen LogP contribution in [-0.2, 0) is 0 Å². The van der Waals surface area contributed by atoms with Crippen LogP contribution in [-0.4, -0.2) is 25.7 Å². The molecule has 1 aromatic heterocycles. The molecule has 0 amide bonds. The highest BCUT2D eigenvalue weighted by Crippen LogP contribution is 2.22. The number of unbranched alkanes of at least 4 members (excludes halogenated alkanes) is 2. The van der Waals surface area contributed by atoms with Crippen molar-refractivity contribution in [3.05, 3.63) is 12.1 Å². The van der Waals surface area contributed by atoms with Gasteiger partial charge in [-0.25, -0.2) is 0 Å². The Kier molecular flexibility index (Phi) is 4.89. The van der Waals surface area contributed by atoms with Crippen molar-refractivity contribution in [3.8, 4) is 5.88 Å². The van der Waals surface area contributed by atoms with E-state index in [4.69, 9.17) is 10.5 Å². The molecule has 4 nitrogen and oxygen atoms in total. The number of pyridine rings is 1. The van der Waals surface area contributed by atoms with Gasteiger partial charge in [0.2, 0.25) is 5.88 Å². The molecule has 0 spiro atoms. The maximum absolute atomic E-state index is 5.72. The highest BCUT2D eigenvalue weighted by molar-refractivity contribution is 5.54. The number of hydrogen-bond acceptors (Lipinski definition) is 4. The van der Waals surface area contributed by atoms with Crippen molar-refractivity contribution >= 4 is 11.5 Å². The first-order chi connectivity index (χ1) is 7.69. The number of nitrogens with zero attached hydrogens (tertiary/aromatic N) is 2. The number of nitrogen functional groups attached to an aromatic ring is 1. The second kappa shape index (κ2) is 6.20. The minimum Gasteiger partial charge on any atom is -0.479 e. The van der Waals surface area contributed by atoms with Crippen LogP contribution in [0, 0.1) is 0 Å². The molecule has 0 bridgehead atoms. The molecule has 1 aromatic rings. The maximum atomic E-state index is 5.72. The summed E-state index contributed by atoms with van der Waals surface area (Å²) >= 11 is 0. The highest BCUT2D eigenvalue weighted by Gasteiger charge is 2.06. The van der Waals surface area contributed by atoms with Gasteiger partial charge in [-0.3, -0.25) is 0 Å². The van der Waals surface area contributed by atoms with E-state index in [-0.39, 0.29) is 0 Å². The van der Waals surface area contributed by atoms with Gasteiger partial charge in [0.1, 0.15) is 5.82 Å². The Morgan fingerprint density at radius 3 is 2.75 bits per heavy atom. The predicted molar refractivity (Wildman–Crippen MR) is 68.0 cm³/mol. The van der Waals surface area contributed by atoms with Crippen LogP contribution in [0.3, 0.4) is 0 Å². The zero-order valence-corrected chi connectivity index (χ0v) is 10.4. The molecule has 0 saturated carbocycles. The molecule has 0 aliphatic heterocycles. The molecule has 0 radical (unpaired) electrons. The average molecular weight is 223 g/mol. The van der Waals surface area contributed by atoms with Crippen molar-refractivity contribution in [2.45, 2.75) is 26.2 Å². The lowest BCUT2D eigenvalue weighted by atomic mass is 10.2. The topological polar surface area (TPSA) is 51.4 Å². The lowest BCUT2D eigenvalue weighted by Gasteiger charge is -2.18. The van der Waals surface area contributed by atoms with Gasteiger partial charge in [0.25, 0.3) is 0 Å². The Bertz CT molecular complexity index is 328. The first-order valence-corrected chi connectivity index (χ1v) is 5.70. The van der Waals surface area contributed by atoms with E-state index in [1.165, 1.54) is 19.3 Å². The van der Waals surface area contributed by atoms with E-state index in [1.807, 2.05) is 19.2 Å². The molecular weight excluding hydrogens is 202 g/mol. The number of aromatic nitrogens is 1. The molecule has 16 heavy (non-hydrogen) atoms. The smallest absolute Gasteiger partial charge is 0.238 e. The summed E-state index contributed by atoms with van der Waals surface area (Å²) in [6, 6.07) is 3.75. The lowest BCUT2D eigenvalue weighted by molar-refractivity contribution is 0.400. The monoisotopic (exact) mass is 223 g/mol. The van der Waals surface area contributed by atoms with Gasteiger partial charge in [-0.05, 0) is 18.6 Å². The second-order valence-electron chi connectivity index (χ2n) is 3.90. The molecule has 0 aliphatic carbocycles. The summed E-state index contributed by atoms with van der Waals surface area (Å²) in [6.45, 7) is 3.21. The normalized spacial score (nSPS) is 10.2. The molecule has 0 unspecified atom stereocenters. The first kappa shape index (κ1) is 12.6. The van der Waals surface area contributed by atoms with Crippen molar-refractivity contribution in [1.29, 1.82) is 0 Å². The van der Waals surface area contributed by atoms with Crippen LogP contribution in [0.4, 0.5) is 11.5 Å². The van der Waals surface area contributed by atoms with Gasteiger partial charge in [0, 0.05) is 13.6 Å². The summed E-state index contributed by atoms with van der Waals surface area (Å²) in [5.74, 6) is 1.40. The third kappa shape index (κ3) is 3.29. The molecule has 0 fully saturated rings. The minimum absolute atomic E-state index is 0.500. The van der Waals surface area contributed by atoms with Crippen molar-refractivity contribution in [1.82, 2.24) is 4.98 Å². The van der Waals surface area contributed by atoms with E-state index in [2.05, 4.69) is 16.8 Å². The number of anilines is 2. The van der Waals surface area contributed by atoms with Gasteiger partial charge in [0.05, 0.1) is 12.8 Å². The van der Waals surface area contributed by atoms with Crippen molar-refractivity contribution in [2.75, 3.05) is 31.3 Å². The van der Waals surface area contributed by atoms with E-state index >= 15 is 0 Å². The molecule has 2 N–H and O–H groups in total. The van der Waals surface area contributed by atoms with Gasteiger partial charge in [-0.2, -0.15) is 4.98 Å². The third-order valence-electron chi connectivity index (χ3n) is 2.56. The molecule has 90 valence electrons. The molecular formula is C12H21N3O. The van der Waals surface area contributed by atoms with Crippen LogP contribution in [0.15, 0.2) is 12.1 Å². The third-order valence-corrected chi connectivity index (χ3v) is 2.56. The van der Waals surface area contributed by atoms with E-state index < -0.39 is 0 Å². The zero-order chi connectivity index (χ0) is 12.0. The van der Waals surface area contributed by atoms with Crippen LogP contribution in [0.5, 0.6) is 5.88 Å². The zero-order valence-electron chi connectivity index (χ0n) is 10.4. The number of hydrogen-bond donors (Lipinski definition) is 1. The first-order valence-electron chi connectivity index (χ1n) is 5.70. The summed E-state index contributed by atoms with van der Waals surface area (Å²) < 4.78 is 5.10. The second-order valence-corrected chi connectivity index (χ2v) is 3.90. The van der Waals surface area contributed by atoms with E-state index in [9.17, 15) is 0 Å². The summed E-state index contributed by atoms with van der Waals surface area (Å²) in [7, 11) is 3.62. The summed E-state index contributed by atoms with van der Waals surface area (Å²) in [6.07, 6.45) is 3.66. The number of methoxy groups -OCH3 is 1. The molecule has 1 rings (SSSR count). The quantitative estimate of drug-likeness (QED) is 0.752. The Hall–Kier alpha value is -1.45. The van der Waals surface area contributed by atoms with Crippen molar-refractivity contribution in [3.63, 3.8) is 0 Å². The van der Waals surface area contributed by atoms with Gasteiger partial charge < -0.3 is 15.4 Å². The molecule has 0 saturated heterocycles. The number of rotatable bonds is 6. The Balaban J connectivity index is 2.64. The fourth-order valence-corrected chi connectivity index (χ4v) is 1.53. The van der Waals surface area contributed by atoms with Gasteiger partial charge in [0.15, 0.2) is 0 Å². The van der Waals surface area contributed by atoms with Gasteiger partial charge in [-0.15, -0.1) is 0 Å². The number of ether oxygens (including phenoxy) is 1. The van der Waals surface area contributed by atoms with Crippen LogP contribution in [0.2, 0.25) is 0 Å². The van der Waals surface area contributed by atoms with E-state index in [1.54, 1.807) is 7.11 Å². The van der Waals surface area contributed by atoms with Crippen molar-refractivity contribution < 1.29 is 4.74 Å². The van der Waals surface area contributed by atoms with Crippen LogP contribution < -0.4 is 15.4 Å². The lowest BCUT2D eigenvalue weighted by Crippen LogP contribution is -2.19. The molecule has 0 atom stereocenters. The Morgan fingerprint density at radius 2 is 2.12 bits per heavy atom. The number of nitrogens with two attached hydrogens (primary N) is 1. The standard InChI is InChI=1S/C12H21N3O/c1-4-5-6-9-15(2)11-8-7-10(13)12(14-11)16-3/h7-8H,4-6,9,13H2,1-3H3. The maximum Gasteiger partial charge on any atom is 0.238 e. The van der Waals surface area contributed by atoms with Crippen LogP contribution in [0.1, 0.15) is 26.2 Å².